The Morgan fingerprint density at radius 3 is 2.29 bits per heavy atom. The predicted octanol–water partition coefficient (Wildman–Crippen LogP) is 3.36. The van der Waals surface area contributed by atoms with E-state index >= 15 is 0 Å². The minimum absolute atomic E-state index is 0.259. The molecule has 0 aliphatic rings. The third-order valence-corrected chi connectivity index (χ3v) is 1.77. The molecule has 77 valence electrons. The summed E-state index contributed by atoms with van der Waals surface area (Å²) < 4.78 is 5.69. The first-order valence-electron chi connectivity index (χ1n) is 4.84. The largest absolute Gasteiger partial charge is 0.488 e. The average molecular weight is 193 g/mol. The summed E-state index contributed by atoms with van der Waals surface area (Å²) in [7, 11) is 0. The monoisotopic (exact) mass is 193 g/mol. The number of benzene rings is 1. The molecule has 0 aliphatic carbocycles. The van der Waals surface area contributed by atoms with Gasteiger partial charge in [-0.2, -0.15) is 0 Å². The zero-order chi connectivity index (χ0) is 10.8. The molecule has 0 saturated heterocycles. The molecule has 1 aromatic rings. The molecule has 1 radical (unpaired) electrons. The maximum absolute atomic E-state index is 11.4. The highest BCUT2D eigenvalue weighted by atomic mass is 16.5. The molecule has 2 heteroatoms. The Bertz CT molecular complexity index is 297. The first-order valence-corrected chi connectivity index (χ1v) is 4.84. The van der Waals surface area contributed by atoms with Gasteiger partial charge in [-0.3, -0.25) is 0 Å². The van der Waals surface area contributed by atoms with Crippen molar-refractivity contribution in [3.63, 3.8) is 0 Å². The summed E-state index contributed by atoms with van der Waals surface area (Å²) in [6.07, 6.45) is -0.742. The molecule has 0 aliphatic heterocycles. The minimum atomic E-state index is -0.742. The fourth-order valence-corrected chi connectivity index (χ4v) is 1.24. The summed E-state index contributed by atoms with van der Waals surface area (Å²) >= 11 is 0. The zero-order valence-corrected chi connectivity index (χ0v) is 9.20. The highest BCUT2D eigenvalue weighted by molar-refractivity contribution is 5.35. The molecule has 0 heterocycles. The highest BCUT2D eigenvalue weighted by Crippen LogP contribution is 2.27. The van der Waals surface area contributed by atoms with Crippen LogP contribution in [0.3, 0.4) is 0 Å². The quantitative estimate of drug-likeness (QED) is 0.708. The molecule has 2 nitrogen and oxygen atoms in total. The number of hydrogen-bond acceptors (Lipinski definition) is 1. The number of para-hydroxylation sites is 1. The second-order valence-corrected chi connectivity index (χ2v) is 4.39. The molecule has 1 rings (SSSR count). The molecule has 0 N–H and O–H groups in total. The van der Waals surface area contributed by atoms with E-state index in [1.807, 2.05) is 45.0 Å². The lowest BCUT2D eigenvalue weighted by molar-refractivity contribution is 0.0899. The van der Waals surface area contributed by atoms with Gasteiger partial charge in [-0.15, -0.1) is 0 Å². The molecule has 0 fully saturated rings. The van der Waals surface area contributed by atoms with Crippen molar-refractivity contribution in [3.05, 3.63) is 29.8 Å². The first kappa shape index (κ1) is 11.1. The molecular formula is C12H17O2. The van der Waals surface area contributed by atoms with Gasteiger partial charge in [-0.1, -0.05) is 18.2 Å². The van der Waals surface area contributed by atoms with E-state index in [1.165, 1.54) is 0 Å². The summed E-state index contributed by atoms with van der Waals surface area (Å²) in [5.74, 6) is 0.697. The van der Waals surface area contributed by atoms with E-state index in [2.05, 4.69) is 0 Å². The molecule has 1 unspecified atom stereocenters. The van der Waals surface area contributed by atoms with Gasteiger partial charge in [0.25, 0.3) is 0 Å². The van der Waals surface area contributed by atoms with Crippen LogP contribution in [0.4, 0.5) is 0 Å². The molecular weight excluding hydrogens is 176 g/mol. The number of hydrogen-bond donors (Lipinski definition) is 0. The lowest BCUT2D eigenvalue weighted by Gasteiger charge is -2.23. The summed E-state index contributed by atoms with van der Waals surface area (Å²) in [6, 6.07) is 7.40. The van der Waals surface area contributed by atoms with Crippen LogP contribution in [0.1, 0.15) is 39.4 Å². The molecule has 0 bridgehead atoms. The maximum atomic E-state index is 11.4. The standard InChI is InChI=1S/C12H17O2/c1-9(13)10-7-5-6-8-11(10)14-12(2,3)4/h5-9H,1-4H3. The van der Waals surface area contributed by atoms with Crippen molar-refractivity contribution >= 4 is 0 Å². The Hall–Kier alpha value is -1.02. The Labute approximate surface area is 85.5 Å². The van der Waals surface area contributed by atoms with Crippen LogP contribution in [-0.2, 0) is 5.11 Å². The fourth-order valence-electron chi connectivity index (χ4n) is 1.24. The molecule has 1 atom stereocenters. The summed E-state index contributed by atoms with van der Waals surface area (Å²) in [4.78, 5) is 0. The van der Waals surface area contributed by atoms with Crippen LogP contribution < -0.4 is 4.74 Å². The lowest BCUT2D eigenvalue weighted by atomic mass is 10.1. The van der Waals surface area contributed by atoms with E-state index in [4.69, 9.17) is 4.74 Å². The van der Waals surface area contributed by atoms with E-state index in [0.29, 0.717) is 5.75 Å². The van der Waals surface area contributed by atoms with Crippen LogP contribution in [0.15, 0.2) is 24.3 Å². The van der Waals surface area contributed by atoms with Crippen molar-refractivity contribution in [2.75, 3.05) is 0 Å². The van der Waals surface area contributed by atoms with Crippen molar-refractivity contribution < 1.29 is 9.84 Å². The van der Waals surface area contributed by atoms with E-state index in [1.54, 1.807) is 6.92 Å². The first-order chi connectivity index (χ1) is 6.40. The van der Waals surface area contributed by atoms with Crippen LogP contribution in [0.5, 0.6) is 5.75 Å². The summed E-state index contributed by atoms with van der Waals surface area (Å²) in [6.45, 7) is 7.54. The van der Waals surface area contributed by atoms with Crippen molar-refractivity contribution in [1.29, 1.82) is 0 Å². The van der Waals surface area contributed by atoms with Gasteiger partial charge in [0.1, 0.15) is 17.5 Å². The Morgan fingerprint density at radius 2 is 1.79 bits per heavy atom. The van der Waals surface area contributed by atoms with Crippen LogP contribution in [-0.4, -0.2) is 5.60 Å². The van der Waals surface area contributed by atoms with Crippen molar-refractivity contribution in [3.8, 4) is 5.75 Å². The van der Waals surface area contributed by atoms with Crippen molar-refractivity contribution in [2.24, 2.45) is 0 Å². The topological polar surface area (TPSA) is 29.1 Å². The molecule has 1 aromatic carbocycles. The Kier molecular flexibility index (Phi) is 3.17. The second kappa shape index (κ2) is 4.01. The van der Waals surface area contributed by atoms with Gasteiger partial charge < -0.3 is 4.74 Å². The minimum Gasteiger partial charge on any atom is -0.488 e. The van der Waals surface area contributed by atoms with E-state index in [9.17, 15) is 5.11 Å². The van der Waals surface area contributed by atoms with Crippen LogP contribution >= 0.6 is 0 Å². The number of ether oxygens (including phenoxy) is 1. The normalized spacial score (nSPS) is 13.8. The fraction of sp³-hybridized carbons (Fsp3) is 0.500. The van der Waals surface area contributed by atoms with Gasteiger partial charge in [0.15, 0.2) is 0 Å². The SMILES string of the molecule is CC([O])c1ccccc1OC(C)(C)C. The number of rotatable bonds is 2. The second-order valence-electron chi connectivity index (χ2n) is 4.39. The molecule has 0 spiro atoms. The van der Waals surface area contributed by atoms with Gasteiger partial charge in [-0.05, 0) is 33.8 Å². The van der Waals surface area contributed by atoms with Gasteiger partial charge in [0.05, 0.1) is 0 Å². The highest BCUT2D eigenvalue weighted by Gasteiger charge is 2.16. The molecule has 0 saturated carbocycles. The van der Waals surface area contributed by atoms with Gasteiger partial charge >= 0.3 is 0 Å². The van der Waals surface area contributed by atoms with E-state index in [-0.39, 0.29) is 5.60 Å². The van der Waals surface area contributed by atoms with Crippen LogP contribution in [0.2, 0.25) is 0 Å². The molecule has 14 heavy (non-hydrogen) atoms. The van der Waals surface area contributed by atoms with E-state index < -0.39 is 6.10 Å². The van der Waals surface area contributed by atoms with Crippen LogP contribution in [0.25, 0.3) is 0 Å². The lowest BCUT2D eigenvalue weighted by Crippen LogP contribution is -2.23. The summed E-state index contributed by atoms with van der Waals surface area (Å²) in [5, 5.41) is 11.4. The van der Waals surface area contributed by atoms with Crippen molar-refractivity contribution in [2.45, 2.75) is 39.4 Å². The van der Waals surface area contributed by atoms with E-state index in [0.717, 1.165) is 5.56 Å². The maximum Gasteiger partial charge on any atom is 0.126 e. The zero-order valence-electron chi connectivity index (χ0n) is 9.20. The van der Waals surface area contributed by atoms with Gasteiger partial charge in [0, 0.05) is 5.56 Å². The average Bonchev–Trinajstić information content (AvgIpc) is 2.01. The summed E-state index contributed by atoms with van der Waals surface area (Å²) in [5.41, 5.74) is 0.466. The molecule has 0 amide bonds. The van der Waals surface area contributed by atoms with Gasteiger partial charge in [0.2, 0.25) is 0 Å². The third kappa shape index (κ3) is 3.04. The Balaban J connectivity index is 2.96. The van der Waals surface area contributed by atoms with Crippen molar-refractivity contribution in [1.82, 2.24) is 0 Å². The smallest absolute Gasteiger partial charge is 0.126 e. The predicted molar refractivity (Wildman–Crippen MR) is 55.9 cm³/mol. The van der Waals surface area contributed by atoms with Gasteiger partial charge in [-0.25, -0.2) is 5.11 Å². The van der Waals surface area contributed by atoms with Crippen LogP contribution in [0, 0.1) is 0 Å². The Morgan fingerprint density at radius 1 is 1.21 bits per heavy atom. The molecule has 0 aromatic heterocycles. The third-order valence-electron chi connectivity index (χ3n) is 1.77.